The van der Waals surface area contributed by atoms with Crippen LogP contribution < -0.4 is 41.6 Å². The number of nitrogens with one attached hydrogen (secondary N) is 1. The number of halogens is 1. The van der Waals surface area contributed by atoms with E-state index in [-0.39, 0.29) is 5.82 Å². The van der Waals surface area contributed by atoms with Gasteiger partial charge in [0, 0.05) is 0 Å². The Morgan fingerprint density at radius 1 is 0.425 bits per heavy atom. The number of hydrogen-bond acceptors (Lipinski definition) is 1. The molecule has 406 valence electrons. The Balaban J connectivity index is 1.93. The summed E-state index contributed by atoms with van der Waals surface area (Å²) in [5, 5.41) is 10.5. The quantitative estimate of drug-likeness (QED) is 0.0351. The van der Waals surface area contributed by atoms with Crippen molar-refractivity contribution in [2.24, 2.45) is 0 Å². The minimum Gasteiger partial charge on any atom is -0.203 e. The fraction of sp³-hybridized carbons (Fsp3) is 0.636. The van der Waals surface area contributed by atoms with Gasteiger partial charge in [0.1, 0.15) is 5.30 Å². The topological polar surface area (TPSA) is 12.0 Å². The zero-order valence-corrected chi connectivity index (χ0v) is 53.5. The van der Waals surface area contributed by atoms with Crippen molar-refractivity contribution in [3.8, 4) is 0 Å². The summed E-state index contributed by atoms with van der Waals surface area (Å²) in [6.45, 7) is 21.7. The second-order valence-corrected chi connectivity index (χ2v) is 42.9. The third-order valence-electron chi connectivity index (χ3n) is 18.0. The number of rotatable bonds is 37. The van der Waals surface area contributed by atoms with Gasteiger partial charge in [-0.1, -0.05) is 327 Å². The van der Waals surface area contributed by atoms with Gasteiger partial charge in [0.05, 0.1) is 38.0 Å². The van der Waals surface area contributed by atoms with Crippen molar-refractivity contribution in [2.45, 2.75) is 270 Å². The van der Waals surface area contributed by atoms with Gasteiger partial charge in [-0.15, -0.1) is 0 Å². The fourth-order valence-corrected chi connectivity index (χ4v) is 39.3. The van der Waals surface area contributed by atoms with Crippen LogP contribution in [0.4, 0.5) is 4.39 Å². The van der Waals surface area contributed by atoms with Gasteiger partial charge in [0.2, 0.25) is 0 Å². The molecule has 0 amide bonds. The van der Waals surface area contributed by atoms with E-state index in [9.17, 15) is 0 Å². The summed E-state index contributed by atoms with van der Waals surface area (Å²) in [7, 11) is -9.33. The minimum atomic E-state index is -2.64. The lowest BCUT2D eigenvalue weighted by atomic mass is 10.0. The molecule has 1 N–H and O–H groups in total. The van der Waals surface area contributed by atoms with Crippen molar-refractivity contribution in [2.75, 3.05) is 0 Å². The molecule has 0 saturated heterocycles. The van der Waals surface area contributed by atoms with E-state index in [1.165, 1.54) is 205 Å². The van der Waals surface area contributed by atoms with Gasteiger partial charge >= 0.3 is 0 Å². The highest BCUT2D eigenvalue weighted by Crippen LogP contribution is 2.65. The molecule has 1 aliphatic carbocycles. The summed E-state index contributed by atoms with van der Waals surface area (Å²) in [6.07, 6.45) is 29.4. The molecule has 4 aromatic carbocycles. The maximum absolute atomic E-state index is 17.8. The molecule has 0 spiro atoms. The Hall–Kier alpha value is -1.72. The number of unbranched alkanes of at least 4 members (excludes halogenated alkanes) is 9. The first-order valence-corrected chi connectivity index (χ1v) is 42.3. The van der Waals surface area contributed by atoms with Crippen molar-refractivity contribution in [1.82, 2.24) is 4.86 Å². The maximum Gasteiger partial charge on any atom is 0.167 e. The Morgan fingerprint density at radius 2 is 0.767 bits per heavy atom. The van der Waals surface area contributed by atoms with Crippen LogP contribution in [0.15, 0.2) is 97.1 Å². The van der Waals surface area contributed by atoms with Crippen molar-refractivity contribution in [1.29, 1.82) is 0 Å². The van der Waals surface area contributed by atoms with Crippen LogP contribution >= 0.6 is 15.5 Å². The molecule has 1 nitrogen and oxygen atoms in total. The van der Waals surface area contributed by atoms with E-state index in [0.29, 0.717) is 5.66 Å². The van der Waals surface area contributed by atoms with Crippen LogP contribution in [0, 0.1) is 5.82 Å². The lowest BCUT2D eigenvalue weighted by Crippen LogP contribution is -2.51. The minimum absolute atomic E-state index is 0.00143. The van der Waals surface area contributed by atoms with Gasteiger partial charge in [-0.2, -0.15) is 4.86 Å². The summed E-state index contributed by atoms with van der Waals surface area (Å²) in [6, 6.07) is 51.9. The van der Waals surface area contributed by atoms with Crippen LogP contribution in [0.1, 0.15) is 210 Å². The largest absolute Gasteiger partial charge is 0.203 e. The van der Waals surface area contributed by atoms with Crippen molar-refractivity contribution in [3.05, 3.63) is 103 Å². The van der Waals surface area contributed by atoms with Gasteiger partial charge in [-0.3, -0.25) is 0 Å². The molecule has 0 aromatic heterocycles. The normalized spacial score (nSPS) is 14.8. The van der Waals surface area contributed by atoms with Crippen LogP contribution in [0.25, 0.3) is 0 Å². The molecule has 73 heavy (non-hydrogen) atoms. The predicted molar refractivity (Wildman–Crippen MR) is 342 cm³/mol. The van der Waals surface area contributed by atoms with Crippen LogP contribution in [-0.4, -0.2) is 29.9 Å². The highest BCUT2D eigenvalue weighted by Gasteiger charge is 2.55. The Kier molecular flexibility index (Phi) is 28.0. The Bertz CT molecular complexity index is 2000. The molecule has 0 bridgehead atoms. The Morgan fingerprint density at radius 3 is 1.12 bits per heavy atom. The monoisotopic (exact) mass is 1080 g/mol. The van der Waals surface area contributed by atoms with Gasteiger partial charge in [-0.25, -0.2) is 4.39 Å². The molecule has 5 rings (SSSR count). The first-order chi connectivity index (χ1) is 35.6. The second kappa shape index (κ2) is 32.9. The van der Waals surface area contributed by atoms with Crippen molar-refractivity contribution < 1.29 is 4.39 Å². The molecule has 0 heterocycles. The maximum atomic E-state index is 17.8. The summed E-state index contributed by atoms with van der Waals surface area (Å²) in [5.41, 5.74) is 0.377. The molecule has 1 saturated carbocycles. The zero-order valence-electron chi connectivity index (χ0n) is 48.7. The molecule has 0 aliphatic heterocycles. The second-order valence-electron chi connectivity index (χ2n) is 23.3. The van der Waals surface area contributed by atoms with E-state index in [1.807, 2.05) is 12.1 Å². The van der Waals surface area contributed by atoms with Gasteiger partial charge < -0.3 is 0 Å². The summed E-state index contributed by atoms with van der Waals surface area (Å²) in [4.78, 5) is 4.95. The smallest absolute Gasteiger partial charge is 0.167 e. The number of hydrogen-bond donors (Lipinski definition) is 1. The molecule has 0 radical (unpaired) electrons. The third-order valence-corrected chi connectivity index (χ3v) is 41.9. The van der Waals surface area contributed by atoms with E-state index < -0.39 is 39.7 Å². The molecule has 1 unspecified atom stereocenters. The average Bonchev–Trinajstić information content (AvgIpc) is 3.44. The summed E-state index contributed by atoms with van der Waals surface area (Å²) in [5.74, 6) is -0.00143. The zero-order chi connectivity index (χ0) is 52.4. The summed E-state index contributed by atoms with van der Waals surface area (Å²) >= 11 is 0. The predicted octanol–water partition coefficient (Wildman–Crippen LogP) is 18.8. The van der Waals surface area contributed by atoms with Crippen LogP contribution in [0.2, 0.25) is 54.4 Å². The molecule has 1 aliphatic rings. The third kappa shape index (κ3) is 16.4. The lowest BCUT2D eigenvalue weighted by Gasteiger charge is -2.41. The van der Waals surface area contributed by atoms with Crippen LogP contribution in [-0.2, 0) is 0 Å². The lowest BCUT2D eigenvalue weighted by molar-refractivity contribution is 0.509. The molecule has 1 atom stereocenters. The highest BCUT2D eigenvalue weighted by molar-refractivity contribution is 7.96. The molecular weight excluding hydrogens is 972 g/mol. The highest BCUT2D eigenvalue weighted by atomic mass is 31.2. The van der Waals surface area contributed by atoms with E-state index in [1.54, 1.807) is 15.6 Å². The SMILES string of the molecule is CCCC[Si](CCCC)(CCCC)c1cccc(P(N[P+](c2cccc([Si](CCCC)(CCCC)CCCC)c2)(c2ccccc2F)C2CCCCC2)c2cccc([Si](CCCC)(CCCC)CCCC)c2)c1. The first-order valence-electron chi connectivity index (χ1n) is 31.2. The number of benzene rings is 4. The van der Waals surface area contributed by atoms with Crippen LogP contribution in [0.5, 0.6) is 0 Å². The fourth-order valence-electron chi connectivity index (χ4n) is 13.4. The van der Waals surface area contributed by atoms with Crippen molar-refractivity contribution >= 4 is 76.5 Å². The average molecular weight is 1080 g/mol. The van der Waals surface area contributed by atoms with Crippen molar-refractivity contribution in [3.63, 3.8) is 0 Å². The molecule has 4 aromatic rings. The summed E-state index contributed by atoms with van der Waals surface area (Å²) < 4.78 is 17.8. The molecule has 7 heteroatoms. The first kappa shape index (κ1) is 62.1. The van der Waals surface area contributed by atoms with Gasteiger partial charge in [0.25, 0.3) is 0 Å². The Labute approximate surface area is 455 Å². The molecular formula is C66H109FNP2Si3+. The van der Waals surface area contributed by atoms with Gasteiger partial charge in [0.15, 0.2) is 18.5 Å². The van der Waals surface area contributed by atoms with E-state index in [4.69, 9.17) is 4.86 Å². The van der Waals surface area contributed by atoms with E-state index >= 15 is 4.39 Å². The molecule has 1 fully saturated rings. The van der Waals surface area contributed by atoms with Gasteiger partial charge in [-0.05, 0) is 60.6 Å². The van der Waals surface area contributed by atoms with E-state index in [2.05, 4.69) is 147 Å². The van der Waals surface area contributed by atoms with E-state index in [0.717, 1.165) is 18.1 Å². The van der Waals surface area contributed by atoms with Crippen LogP contribution in [0.3, 0.4) is 0 Å². The standard InChI is InChI=1S/C66H109FNP2Si3/c1-10-19-46-71(47-20-11-2,48-21-12-3)62-41-33-36-58(55-62)69(59-37-34-42-63(56-59)72(49-22-13-4,50-23-14-5)51-24-15-6)68-70(60-38-29-28-30-39-60,66-45-32-31-44-65(66)67)61-40-35-43-64(57-61)73(52-25-16-7,53-26-17-8)54-27-18-9/h31-37,40-45,55-57,60,68H,10-30,38-39,46-54H2,1-9H3/q+1.